The van der Waals surface area contributed by atoms with Crippen LogP contribution >= 0.6 is 43.2 Å². The second-order valence-electron chi connectivity index (χ2n) is 24.3. The van der Waals surface area contributed by atoms with Gasteiger partial charge in [0.15, 0.2) is 26.2 Å². The monoisotopic (exact) mass is 1410 g/mol. The van der Waals surface area contributed by atoms with E-state index in [1.807, 2.05) is 35.5 Å². The van der Waals surface area contributed by atoms with Crippen molar-refractivity contribution in [3.8, 4) is 23.7 Å². The van der Waals surface area contributed by atoms with Crippen LogP contribution in [0, 0.1) is 23.7 Å². The van der Waals surface area contributed by atoms with Crippen molar-refractivity contribution < 1.29 is 83.4 Å². The molecule has 2 fully saturated rings. The molecule has 0 saturated carbocycles. The third kappa shape index (κ3) is 22.8. The van der Waals surface area contributed by atoms with Crippen LogP contribution in [0.2, 0.25) is 18.1 Å². The van der Waals surface area contributed by atoms with E-state index >= 15 is 0 Å². The van der Waals surface area contributed by atoms with Crippen molar-refractivity contribution in [3.05, 3.63) is 36.2 Å². The number of nitrogens with one attached hydrogen (secondary N) is 2. The molecular weight excluding hydrogens is 1330 g/mol. The lowest BCUT2D eigenvalue weighted by molar-refractivity contribution is -0.173. The third-order valence-electron chi connectivity index (χ3n) is 14.5. The standard InChI is InChI=1S/C58H82F6N12O12S4Si/c1-54(2,3)93(13,14)85-27-42-40(22-44(87-42)76-24-37(46-48(71-32-73(8)9)67-30-69-50(46)76)17-15-19-82-35-89-91-55(4,5)28-65-52(78)57(59,60)61)88-45(81-12)25-74(10)33-72-49-47-38(18-16-20-83-36-90-92-56(6,7)29-66-53(79)58(62,63)64)23-75(51(47)70-31-68-49)43-21-39(84-34-80-11)41(26-77)86-43/h23-24,30-33,39-45,77H,19-22,25-29,34-36H2,1-14H3,(H,65,78)(H,66,79)/t39?,40?,41-,42-,43-,44-,45?/m1/s1. The van der Waals surface area contributed by atoms with Gasteiger partial charge in [0.05, 0.1) is 66.5 Å². The number of nitrogens with zero attached hydrogens (tertiary/aromatic N) is 10. The van der Waals surface area contributed by atoms with Gasteiger partial charge in [-0.1, -0.05) is 87.6 Å². The van der Waals surface area contributed by atoms with Gasteiger partial charge < -0.3 is 77.0 Å². The number of hydrogen-bond acceptors (Lipinski definition) is 22. The molecular formula is C58H82F6N12O12S4Si. The summed E-state index contributed by atoms with van der Waals surface area (Å²) >= 11 is 0. The molecule has 0 bridgehead atoms. The summed E-state index contributed by atoms with van der Waals surface area (Å²) in [7, 11) is 11.2. The molecule has 0 radical (unpaired) electrons. The van der Waals surface area contributed by atoms with Gasteiger partial charge in [0.1, 0.15) is 80.5 Å². The SMILES string of the molecule is COCOC1C[C@H](n2cc(C#CCOCSSC(C)(C)CNC(=O)C(F)(F)F)c3c(N=CN(C)CC(OC)OC4C[C@H](n5cc(C#CCOCSSC(C)(C)CNC(=O)C(F)(F)F)c6c(N=CN(C)C)ncnc65)O[C@@H]4CO[Si](C)(C)C(C)(C)C)ncnc32)O[C@@H]1CO. The molecule has 6 rings (SSSR count). The molecule has 4 aromatic rings. The number of methoxy groups -OCH3 is 2. The van der Waals surface area contributed by atoms with E-state index in [0.29, 0.717) is 51.9 Å². The lowest BCUT2D eigenvalue weighted by Crippen LogP contribution is -2.45. The van der Waals surface area contributed by atoms with Gasteiger partial charge in [-0.15, -0.1) is 0 Å². The molecule has 0 aliphatic carbocycles. The minimum Gasteiger partial charge on any atom is -0.414 e. The Labute approximate surface area is 554 Å². The number of aliphatic hydroxyl groups is 1. The van der Waals surface area contributed by atoms with Crippen LogP contribution in [-0.2, 0) is 51.9 Å². The van der Waals surface area contributed by atoms with Gasteiger partial charge in [-0.05, 0) is 45.8 Å². The molecule has 0 spiro atoms. The van der Waals surface area contributed by atoms with Crippen molar-refractivity contribution in [3.63, 3.8) is 0 Å². The molecule has 35 heteroatoms. The van der Waals surface area contributed by atoms with E-state index in [0.717, 1.165) is 0 Å². The highest BCUT2D eigenvalue weighted by molar-refractivity contribution is 8.77. The molecule has 6 heterocycles. The number of amides is 2. The first-order chi connectivity index (χ1) is 43.7. The summed E-state index contributed by atoms with van der Waals surface area (Å²) in [6.07, 6.45) is -4.17. The highest BCUT2D eigenvalue weighted by atomic mass is 33.1. The van der Waals surface area contributed by atoms with Crippen molar-refractivity contribution >= 4 is 110 Å². The largest absolute Gasteiger partial charge is 0.471 e. The zero-order chi connectivity index (χ0) is 68.5. The molecule has 7 atom stereocenters. The molecule has 24 nitrogen and oxygen atoms in total. The summed E-state index contributed by atoms with van der Waals surface area (Å²) in [6, 6.07) is 0. The smallest absolute Gasteiger partial charge is 0.414 e. The average Bonchev–Trinajstić information content (AvgIpc) is 1.63. The number of fused-ring (bicyclic) bond motifs is 2. The quantitative estimate of drug-likeness (QED) is 0.00602. The first-order valence-electron chi connectivity index (χ1n) is 29.1. The highest BCUT2D eigenvalue weighted by Gasteiger charge is 2.45. The van der Waals surface area contributed by atoms with E-state index in [4.69, 9.17) is 52.3 Å². The van der Waals surface area contributed by atoms with Crippen molar-refractivity contribution in [2.45, 2.75) is 144 Å². The van der Waals surface area contributed by atoms with E-state index < -0.39 is 85.1 Å². The van der Waals surface area contributed by atoms with Crippen LogP contribution in [0.15, 0.2) is 35.0 Å². The van der Waals surface area contributed by atoms with Gasteiger partial charge >= 0.3 is 24.2 Å². The minimum atomic E-state index is -4.98. The number of aliphatic imine (C=N–C) groups is 2. The fraction of sp³-hybridized carbons (Fsp3) is 0.655. The molecule has 4 aromatic heterocycles. The van der Waals surface area contributed by atoms with Crippen LogP contribution in [0.25, 0.3) is 22.1 Å². The summed E-state index contributed by atoms with van der Waals surface area (Å²) in [5, 5.41) is 15.0. The number of halogens is 6. The Hall–Kier alpha value is -4.96. The van der Waals surface area contributed by atoms with Crippen molar-refractivity contribution in [2.24, 2.45) is 9.98 Å². The van der Waals surface area contributed by atoms with E-state index in [-0.39, 0.29) is 75.6 Å². The Morgan fingerprint density at radius 3 is 1.70 bits per heavy atom. The highest BCUT2D eigenvalue weighted by Crippen LogP contribution is 2.42. The summed E-state index contributed by atoms with van der Waals surface area (Å²) < 4.78 is 134. The molecule has 2 aliphatic heterocycles. The van der Waals surface area contributed by atoms with Crippen LogP contribution in [0.3, 0.4) is 0 Å². The zero-order valence-corrected chi connectivity index (χ0v) is 58.6. The van der Waals surface area contributed by atoms with Gasteiger partial charge in [0, 0.05) is 83.2 Å². The molecule has 2 amide bonds. The maximum atomic E-state index is 12.8. The van der Waals surface area contributed by atoms with E-state index in [1.165, 1.54) is 70.0 Å². The summed E-state index contributed by atoms with van der Waals surface area (Å²) in [6.45, 7) is 17.2. The van der Waals surface area contributed by atoms with Gasteiger partial charge in [-0.25, -0.2) is 29.9 Å². The number of carbonyl (C=O) groups excluding carboxylic acids is 2. The molecule has 2 aliphatic rings. The number of rotatable bonds is 32. The number of ether oxygens (including phenoxy) is 8. The number of aromatic nitrogens is 6. The first kappa shape index (κ1) is 77.0. The third-order valence-corrected chi connectivity index (χ3v) is 24.9. The molecule has 3 unspecified atom stereocenters. The Bertz CT molecular complexity index is 3320. The second kappa shape index (κ2) is 34.3. The summed E-state index contributed by atoms with van der Waals surface area (Å²) in [4.78, 5) is 54.1. The first-order valence-corrected chi connectivity index (χ1v) is 36.7. The van der Waals surface area contributed by atoms with Crippen LogP contribution < -0.4 is 10.6 Å². The van der Waals surface area contributed by atoms with E-state index in [1.54, 1.807) is 68.0 Å². The topological polar surface area (TPSA) is 254 Å². The maximum Gasteiger partial charge on any atom is 0.471 e. The Morgan fingerprint density at radius 1 is 0.763 bits per heavy atom. The van der Waals surface area contributed by atoms with Gasteiger partial charge in [-0.2, -0.15) is 26.3 Å². The fourth-order valence-corrected chi connectivity index (χ4v) is 14.0. The van der Waals surface area contributed by atoms with Crippen LogP contribution in [0.4, 0.5) is 38.0 Å². The van der Waals surface area contributed by atoms with Gasteiger partial charge in [0.25, 0.3) is 0 Å². The molecule has 93 heavy (non-hydrogen) atoms. The number of likely N-dealkylation sites (N-methyl/N-ethyl adjacent to an activating group) is 1. The lowest BCUT2D eigenvalue weighted by atomic mass is 10.2. The van der Waals surface area contributed by atoms with Crippen molar-refractivity contribution in [2.75, 3.05) is 100 Å². The summed E-state index contributed by atoms with van der Waals surface area (Å²) in [5.41, 5.74) is 1.96. The van der Waals surface area contributed by atoms with Crippen molar-refractivity contribution in [1.82, 2.24) is 49.5 Å². The van der Waals surface area contributed by atoms with Crippen LogP contribution in [-0.4, -0.2) is 229 Å². The second-order valence-corrected chi connectivity index (χ2v) is 35.0. The fourth-order valence-electron chi connectivity index (χ4n) is 8.70. The minimum absolute atomic E-state index is 0.00510. The lowest BCUT2D eigenvalue weighted by Gasteiger charge is -2.37. The number of carbonyl (C=O) groups is 2. The molecule has 0 aromatic carbocycles. The number of aliphatic hydroxyl groups excluding tert-OH is 1. The maximum absolute atomic E-state index is 12.8. The zero-order valence-electron chi connectivity index (χ0n) is 54.3. The van der Waals surface area contributed by atoms with E-state index in [9.17, 15) is 41.0 Å². The van der Waals surface area contributed by atoms with Crippen molar-refractivity contribution in [1.29, 1.82) is 0 Å². The van der Waals surface area contributed by atoms with Crippen LogP contribution in [0.5, 0.6) is 0 Å². The Balaban J connectivity index is 1.21. The Morgan fingerprint density at radius 2 is 1.25 bits per heavy atom. The molecule has 3 N–H and O–H groups in total. The predicted molar refractivity (Wildman–Crippen MR) is 349 cm³/mol. The Kier molecular flexibility index (Phi) is 28.4. The molecule has 516 valence electrons. The van der Waals surface area contributed by atoms with Crippen LogP contribution in [0.1, 0.15) is 84.9 Å². The van der Waals surface area contributed by atoms with Gasteiger partial charge in [0.2, 0.25) is 0 Å². The van der Waals surface area contributed by atoms with Gasteiger partial charge in [-0.3, -0.25) is 9.59 Å². The normalized spacial score (nSPS) is 19.5. The van der Waals surface area contributed by atoms with E-state index in [2.05, 4.69) is 77.5 Å². The molecule has 2 saturated heterocycles. The predicted octanol–water partition coefficient (Wildman–Crippen LogP) is 8.95. The number of alkyl halides is 6. The average molecular weight is 1410 g/mol. The summed E-state index contributed by atoms with van der Waals surface area (Å²) in [5.74, 6) is 9.36. The number of hydrogen-bond donors (Lipinski definition) is 3.